The second kappa shape index (κ2) is 6.65. The van der Waals surface area contributed by atoms with Crippen molar-refractivity contribution >= 4 is 36.1 Å². The third kappa shape index (κ3) is 2.97. The van der Waals surface area contributed by atoms with Crippen LogP contribution >= 0.6 is 24.4 Å². The molecule has 0 spiro atoms. The Bertz CT molecular complexity index is 1250. The summed E-state index contributed by atoms with van der Waals surface area (Å²) in [5, 5.41) is 0. The van der Waals surface area contributed by atoms with Gasteiger partial charge in [0.15, 0.2) is 21.0 Å². The van der Waals surface area contributed by atoms with Gasteiger partial charge in [-0.25, -0.2) is 0 Å². The fourth-order valence-electron chi connectivity index (χ4n) is 3.17. The maximum absolute atomic E-state index is 12.7. The predicted molar refractivity (Wildman–Crippen MR) is 107 cm³/mol. The van der Waals surface area contributed by atoms with E-state index in [0.29, 0.717) is 17.1 Å². The summed E-state index contributed by atoms with van der Waals surface area (Å²) in [4.78, 5) is 35.8. The lowest BCUT2D eigenvalue weighted by atomic mass is 9.86. The number of H-pyrrole nitrogens is 4. The second-order valence-corrected chi connectivity index (χ2v) is 6.83. The molecule has 0 bridgehead atoms. The summed E-state index contributed by atoms with van der Waals surface area (Å²) >= 11 is 9.92. The number of hydrogen-bond donors (Lipinski definition) is 6. The molecular formula is C16H14N6O4S2. The molecule has 0 aliphatic carbocycles. The Kier molecular flexibility index (Phi) is 4.28. The Labute approximate surface area is 166 Å². The first-order chi connectivity index (χ1) is 13.3. The van der Waals surface area contributed by atoms with E-state index in [9.17, 15) is 9.59 Å². The van der Waals surface area contributed by atoms with Crippen LogP contribution in [-0.4, -0.2) is 26.7 Å². The van der Waals surface area contributed by atoms with Crippen molar-refractivity contribution in [1.82, 2.24) is 19.9 Å². The van der Waals surface area contributed by atoms with Crippen LogP contribution in [-0.2, 0) is 0 Å². The zero-order valence-electron chi connectivity index (χ0n) is 14.1. The molecule has 0 fully saturated rings. The van der Waals surface area contributed by atoms with E-state index in [-0.39, 0.29) is 39.1 Å². The molecule has 2 aromatic heterocycles. The highest BCUT2D eigenvalue weighted by Crippen LogP contribution is 2.39. The van der Waals surface area contributed by atoms with E-state index in [1.807, 2.05) is 0 Å². The van der Waals surface area contributed by atoms with Gasteiger partial charge in [0.25, 0.3) is 11.1 Å². The third-order valence-corrected chi connectivity index (χ3v) is 4.74. The Morgan fingerprint density at radius 1 is 0.857 bits per heavy atom. The number of aromatic amines is 4. The van der Waals surface area contributed by atoms with Crippen molar-refractivity contribution in [3.05, 3.63) is 65.1 Å². The van der Waals surface area contributed by atoms with Gasteiger partial charge in [-0.1, -0.05) is 6.07 Å². The van der Waals surface area contributed by atoms with Gasteiger partial charge in [-0.15, -0.1) is 0 Å². The topological polar surface area (TPSA) is 168 Å². The molecule has 144 valence electrons. The summed E-state index contributed by atoms with van der Waals surface area (Å²) < 4.78 is 10.9. The maximum Gasteiger partial charge on any atom is 0.257 e. The summed E-state index contributed by atoms with van der Waals surface area (Å²) in [7, 11) is 0. The number of benzene rings is 1. The summed E-state index contributed by atoms with van der Waals surface area (Å²) in [5.41, 5.74) is 11.7. The molecule has 3 heterocycles. The Hall–Kier alpha value is -3.38. The van der Waals surface area contributed by atoms with Crippen LogP contribution in [0.25, 0.3) is 0 Å². The van der Waals surface area contributed by atoms with Gasteiger partial charge in [-0.2, -0.15) is 0 Å². The standard InChI is InChI=1S/C16H14N6O4S2/c17-11-9(13(23)21-15(27)19-11)8(10-12(18)20-16(28)22-14(10)24)5-1-2-6-7(3-5)26-4-25-6/h1-3,8H,4H2,(H4,17,19,21,23,27)(H4,18,20,22,24,28). The fraction of sp³-hybridized carbons (Fsp3) is 0.125. The van der Waals surface area contributed by atoms with Crippen LogP contribution in [0.4, 0.5) is 11.6 Å². The number of anilines is 2. The molecule has 0 amide bonds. The minimum absolute atomic E-state index is 0.0117. The molecule has 0 atom stereocenters. The van der Waals surface area contributed by atoms with Gasteiger partial charge in [-0.3, -0.25) is 19.6 Å². The SMILES string of the molecule is Nc1[nH]c(=S)[nH]c(=O)c1C(c1ccc2c(c1)OCO2)c1c(N)[nH]c(=S)[nH]c1=O. The highest BCUT2D eigenvalue weighted by molar-refractivity contribution is 7.71. The molecular weight excluding hydrogens is 404 g/mol. The van der Waals surface area contributed by atoms with Gasteiger partial charge < -0.3 is 30.9 Å². The molecule has 10 nitrogen and oxygen atoms in total. The Morgan fingerprint density at radius 2 is 1.39 bits per heavy atom. The number of nitrogens with two attached hydrogens (primary N) is 2. The molecule has 4 rings (SSSR count). The Morgan fingerprint density at radius 3 is 1.93 bits per heavy atom. The second-order valence-electron chi connectivity index (χ2n) is 6.02. The lowest BCUT2D eigenvalue weighted by Crippen LogP contribution is -2.28. The van der Waals surface area contributed by atoms with E-state index in [2.05, 4.69) is 19.9 Å². The van der Waals surface area contributed by atoms with Crippen molar-refractivity contribution in [3.63, 3.8) is 0 Å². The molecule has 12 heteroatoms. The average molecular weight is 418 g/mol. The molecule has 1 aromatic carbocycles. The van der Waals surface area contributed by atoms with Crippen LogP contribution in [0.15, 0.2) is 27.8 Å². The number of ether oxygens (including phenoxy) is 2. The molecule has 0 saturated carbocycles. The van der Waals surface area contributed by atoms with E-state index >= 15 is 0 Å². The normalized spacial score (nSPS) is 12.5. The van der Waals surface area contributed by atoms with Gasteiger partial charge in [0.1, 0.15) is 11.6 Å². The van der Waals surface area contributed by atoms with Crippen LogP contribution in [0, 0.1) is 9.54 Å². The molecule has 0 saturated heterocycles. The zero-order valence-corrected chi connectivity index (χ0v) is 15.8. The summed E-state index contributed by atoms with van der Waals surface area (Å²) in [6, 6.07) is 5.03. The lowest BCUT2D eigenvalue weighted by Gasteiger charge is -2.20. The molecule has 3 aromatic rings. The summed E-state index contributed by atoms with van der Waals surface area (Å²) in [5.74, 6) is 0.113. The smallest absolute Gasteiger partial charge is 0.257 e. The minimum atomic E-state index is -0.930. The molecule has 1 aliphatic heterocycles. The first-order valence-electron chi connectivity index (χ1n) is 7.98. The average Bonchev–Trinajstić information content (AvgIpc) is 3.06. The number of nitrogen functional groups attached to an aromatic ring is 2. The number of aromatic nitrogens is 4. The molecule has 28 heavy (non-hydrogen) atoms. The monoisotopic (exact) mass is 418 g/mol. The van der Waals surface area contributed by atoms with Gasteiger partial charge >= 0.3 is 0 Å². The first-order valence-corrected chi connectivity index (χ1v) is 8.80. The maximum atomic E-state index is 12.7. The van der Waals surface area contributed by atoms with E-state index in [0.717, 1.165) is 0 Å². The zero-order chi connectivity index (χ0) is 20.0. The van der Waals surface area contributed by atoms with Crippen molar-refractivity contribution in [1.29, 1.82) is 0 Å². The quantitative estimate of drug-likeness (QED) is 0.345. The van der Waals surface area contributed by atoms with Crippen molar-refractivity contribution in [2.24, 2.45) is 0 Å². The molecule has 0 radical (unpaired) electrons. The van der Waals surface area contributed by atoms with Crippen LogP contribution in [0.5, 0.6) is 11.5 Å². The third-order valence-electron chi connectivity index (χ3n) is 4.33. The minimum Gasteiger partial charge on any atom is -0.454 e. The predicted octanol–water partition coefficient (Wildman–Crippen LogP) is 1.25. The van der Waals surface area contributed by atoms with Crippen molar-refractivity contribution < 1.29 is 9.47 Å². The largest absolute Gasteiger partial charge is 0.454 e. The van der Waals surface area contributed by atoms with E-state index < -0.39 is 17.0 Å². The van der Waals surface area contributed by atoms with Crippen molar-refractivity contribution in [2.75, 3.05) is 18.3 Å². The number of rotatable bonds is 3. The molecule has 1 aliphatic rings. The molecule has 0 unspecified atom stereocenters. The summed E-state index contributed by atoms with van der Waals surface area (Å²) in [6.45, 7) is 0.0751. The van der Waals surface area contributed by atoms with E-state index in [4.69, 9.17) is 45.4 Å². The highest BCUT2D eigenvalue weighted by atomic mass is 32.1. The van der Waals surface area contributed by atoms with E-state index in [1.165, 1.54) is 0 Å². The van der Waals surface area contributed by atoms with Crippen LogP contribution < -0.4 is 32.1 Å². The molecule has 8 N–H and O–H groups in total. The highest BCUT2D eigenvalue weighted by Gasteiger charge is 2.29. The lowest BCUT2D eigenvalue weighted by molar-refractivity contribution is 0.174. The van der Waals surface area contributed by atoms with Crippen LogP contribution in [0.1, 0.15) is 22.6 Å². The number of fused-ring (bicyclic) bond motifs is 1. The van der Waals surface area contributed by atoms with E-state index in [1.54, 1.807) is 18.2 Å². The Balaban J connectivity index is 2.06. The van der Waals surface area contributed by atoms with Gasteiger partial charge in [0.2, 0.25) is 6.79 Å². The number of nitrogens with one attached hydrogen (secondary N) is 4. The first kappa shape index (κ1) is 18.0. The fourth-order valence-corrected chi connectivity index (χ4v) is 3.58. The van der Waals surface area contributed by atoms with Gasteiger partial charge in [0, 0.05) is 0 Å². The van der Waals surface area contributed by atoms with Gasteiger partial charge in [0.05, 0.1) is 17.0 Å². The van der Waals surface area contributed by atoms with Crippen LogP contribution in [0.3, 0.4) is 0 Å². The van der Waals surface area contributed by atoms with Crippen LogP contribution in [0.2, 0.25) is 0 Å². The van der Waals surface area contributed by atoms with Crippen molar-refractivity contribution in [2.45, 2.75) is 5.92 Å². The summed E-state index contributed by atoms with van der Waals surface area (Å²) in [6.07, 6.45) is 0. The van der Waals surface area contributed by atoms with Crippen molar-refractivity contribution in [3.8, 4) is 11.5 Å². The number of hydrogen-bond acceptors (Lipinski definition) is 8. The van der Waals surface area contributed by atoms with Gasteiger partial charge in [-0.05, 0) is 42.1 Å².